The molecule has 5 N–H and O–H groups in total. The average molecular weight is 265 g/mol. The van der Waals surface area contributed by atoms with E-state index in [2.05, 4.69) is 10.6 Å². The van der Waals surface area contributed by atoms with Gasteiger partial charge in [-0.05, 0) is 37.1 Å². The van der Waals surface area contributed by atoms with Crippen molar-refractivity contribution in [2.75, 3.05) is 19.6 Å². The van der Waals surface area contributed by atoms with E-state index in [1.165, 1.54) is 0 Å². The number of nitrogens with two attached hydrogens (primary N) is 1. The Morgan fingerprint density at radius 1 is 1.11 bits per heavy atom. The van der Waals surface area contributed by atoms with Crippen molar-refractivity contribution in [1.82, 2.24) is 10.6 Å². The van der Waals surface area contributed by atoms with Crippen molar-refractivity contribution in [1.29, 1.82) is 0 Å². The molecule has 0 heterocycles. The molecule has 1 aromatic carbocycles. The molecule has 0 aliphatic rings. The number of carboxylic acids is 1. The molecule has 1 rings (SSSR count). The topological polar surface area (TPSA) is 104 Å². The van der Waals surface area contributed by atoms with Gasteiger partial charge in [0.25, 0.3) is 0 Å². The van der Waals surface area contributed by atoms with Gasteiger partial charge >= 0.3 is 12.0 Å². The van der Waals surface area contributed by atoms with Gasteiger partial charge in [0.15, 0.2) is 0 Å². The third kappa shape index (κ3) is 5.87. The van der Waals surface area contributed by atoms with Gasteiger partial charge in [0, 0.05) is 13.1 Å². The van der Waals surface area contributed by atoms with Gasteiger partial charge in [0.05, 0.1) is 5.56 Å². The lowest BCUT2D eigenvalue weighted by Gasteiger charge is -2.07. The summed E-state index contributed by atoms with van der Waals surface area (Å²) in [5.74, 6) is -0.941. The summed E-state index contributed by atoms with van der Waals surface area (Å²) in [6.07, 6.45) is 1.41. The number of benzene rings is 1. The van der Waals surface area contributed by atoms with Crippen LogP contribution in [-0.2, 0) is 6.42 Å². The molecular weight excluding hydrogens is 246 g/mol. The van der Waals surface area contributed by atoms with Crippen molar-refractivity contribution in [3.8, 4) is 0 Å². The summed E-state index contributed by atoms with van der Waals surface area (Å²) in [6.45, 7) is 1.62. The van der Waals surface area contributed by atoms with Gasteiger partial charge in [-0.15, -0.1) is 0 Å². The number of hydrogen-bond acceptors (Lipinski definition) is 3. The second-order valence-electron chi connectivity index (χ2n) is 4.08. The number of rotatable bonds is 7. The monoisotopic (exact) mass is 265 g/mol. The van der Waals surface area contributed by atoms with Gasteiger partial charge in [-0.1, -0.05) is 12.1 Å². The lowest BCUT2D eigenvalue weighted by atomic mass is 10.1. The average Bonchev–Trinajstić information content (AvgIpc) is 2.39. The molecule has 6 nitrogen and oxygen atoms in total. The minimum Gasteiger partial charge on any atom is -0.478 e. The van der Waals surface area contributed by atoms with Crippen molar-refractivity contribution >= 4 is 12.0 Å². The van der Waals surface area contributed by atoms with Crippen LogP contribution in [0.1, 0.15) is 22.3 Å². The number of hydrogen-bond donors (Lipinski definition) is 4. The summed E-state index contributed by atoms with van der Waals surface area (Å²) in [4.78, 5) is 22.0. The van der Waals surface area contributed by atoms with Gasteiger partial charge in [0.1, 0.15) is 0 Å². The van der Waals surface area contributed by atoms with E-state index in [-0.39, 0.29) is 11.6 Å². The Morgan fingerprint density at radius 3 is 2.32 bits per heavy atom. The van der Waals surface area contributed by atoms with Gasteiger partial charge < -0.3 is 21.5 Å². The fourth-order valence-electron chi connectivity index (χ4n) is 1.50. The quantitative estimate of drug-likeness (QED) is 0.541. The molecule has 0 saturated carbocycles. The molecule has 0 fully saturated rings. The second-order valence-corrected chi connectivity index (χ2v) is 4.08. The maximum Gasteiger partial charge on any atom is 0.335 e. The molecule has 0 saturated heterocycles. The van der Waals surface area contributed by atoms with E-state index >= 15 is 0 Å². The number of carbonyl (C=O) groups excluding carboxylic acids is 1. The van der Waals surface area contributed by atoms with Crippen LogP contribution in [0.15, 0.2) is 24.3 Å². The summed E-state index contributed by atoms with van der Waals surface area (Å²) in [5.41, 5.74) is 6.55. The van der Waals surface area contributed by atoms with E-state index in [0.717, 1.165) is 12.0 Å². The highest BCUT2D eigenvalue weighted by molar-refractivity contribution is 5.87. The molecule has 0 atom stereocenters. The zero-order chi connectivity index (χ0) is 14.1. The predicted octanol–water partition coefficient (Wildman–Crippen LogP) is 0.575. The summed E-state index contributed by atoms with van der Waals surface area (Å²) in [6, 6.07) is 6.39. The first-order chi connectivity index (χ1) is 9.13. The molecule has 0 bridgehead atoms. The maximum atomic E-state index is 11.3. The Balaban J connectivity index is 2.25. The molecule has 0 aliphatic carbocycles. The third-order valence-electron chi connectivity index (χ3n) is 2.57. The molecule has 104 valence electrons. The Hall–Kier alpha value is -2.08. The standard InChI is InChI=1S/C13H19N3O3/c14-7-1-8-15-13(19)16-9-6-10-2-4-11(5-3-10)12(17)18/h2-5H,1,6-9,14H2,(H,17,18)(H2,15,16,19). The van der Waals surface area contributed by atoms with E-state index in [9.17, 15) is 9.59 Å². The van der Waals surface area contributed by atoms with Crippen molar-refractivity contribution in [2.24, 2.45) is 5.73 Å². The zero-order valence-electron chi connectivity index (χ0n) is 10.7. The van der Waals surface area contributed by atoms with Crippen LogP contribution in [0.25, 0.3) is 0 Å². The summed E-state index contributed by atoms with van der Waals surface area (Å²) in [5, 5.41) is 14.2. The molecule has 6 heteroatoms. The van der Waals surface area contributed by atoms with Crippen LogP contribution in [0.2, 0.25) is 0 Å². The largest absolute Gasteiger partial charge is 0.478 e. The number of carbonyl (C=O) groups is 2. The highest BCUT2D eigenvalue weighted by Crippen LogP contribution is 2.04. The number of urea groups is 1. The molecule has 0 aliphatic heterocycles. The van der Waals surface area contributed by atoms with Crippen LogP contribution < -0.4 is 16.4 Å². The Morgan fingerprint density at radius 2 is 1.74 bits per heavy atom. The van der Waals surface area contributed by atoms with Crippen LogP contribution in [0.5, 0.6) is 0 Å². The van der Waals surface area contributed by atoms with E-state index in [1.54, 1.807) is 24.3 Å². The van der Waals surface area contributed by atoms with Crippen molar-refractivity contribution in [2.45, 2.75) is 12.8 Å². The number of amides is 2. The first-order valence-corrected chi connectivity index (χ1v) is 6.17. The number of aromatic carboxylic acids is 1. The van der Waals surface area contributed by atoms with Gasteiger partial charge in [0.2, 0.25) is 0 Å². The molecule has 0 radical (unpaired) electrons. The van der Waals surface area contributed by atoms with Crippen LogP contribution in [0.4, 0.5) is 4.79 Å². The fraction of sp³-hybridized carbons (Fsp3) is 0.385. The van der Waals surface area contributed by atoms with Gasteiger partial charge in [-0.2, -0.15) is 0 Å². The van der Waals surface area contributed by atoms with Gasteiger partial charge in [-0.3, -0.25) is 0 Å². The highest BCUT2D eigenvalue weighted by Gasteiger charge is 2.02. The lowest BCUT2D eigenvalue weighted by molar-refractivity contribution is 0.0697. The minimum atomic E-state index is -0.941. The van der Waals surface area contributed by atoms with Crippen molar-refractivity contribution in [3.05, 3.63) is 35.4 Å². The summed E-state index contributed by atoms with van der Waals surface area (Å²) in [7, 11) is 0. The predicted molar refractivity (Wildman–Crippen MR) is 72.2 cm³/mol. The van der Waals surface area contributed by atoms with E-state index in [0.29, 0.717) is 26.1 Å². The minimum absolute atomic E-state index is 0.212. The maximum absolute atomic E-state index is 11.3. The number of nitrogens with one attached hydrogen (secondary N) is 2. The molecule has 0 unspecified atom stereocenters. The molecule has 0 spiro atoms. The Labute approximate surface area is 112 Å². The van der Waals surface area contributed by atoms with E-state index in [4.69, 9.17) is 10.8 Å². The molecule has 0 aromatic heterocycles. The Bertz CT molecular complexity index is 418. The Kier molecular flexibility index (Phi) is 6.38. The molecular formula is C13H19N3O3. The zero-order valence-corrected chi connectivity index (χ0v) is 10.7. The summed E-state index contributed by atoms with van der Waals surface area (Å²) < 4.78 is 0. The number of carboxylic acid groups (broad SMARTS) is 1. The highest BCUT2D eigenvalue weighted by atomic mass is 16.4. The molecule has 2 amide bonds. The normalized spacial score (nSPS) is 9.95. The van der Waals surface area contributed by atoms with Crippen LogP contribution >= 0.6 is 0 Å². The third-order valence-corrected chi connectivity index (χ3v) is 2.57. The first-order valence-electron chi connectivity index (χ1n) is 6.17. The molecule has 1 aromatic rings. The molecule has 19 heavy (non-hydrogen) atoms. The lowest BCUT2D eigenvalue weighted by Crippen LogP contribution is -2.37. The first kappa shape index (κ1) is 15.0. The fourth-order valence-corrected chi connectivity index (χ4v) is 1.50. The van der Waals surface area contributed by atoms with Gasteiger partial charge in [-0.25, -0.2) is 9.59 Å². The van der Waals surface area contributed by atoms with E-state index in [1.807, 2.05) is 0 Å². The van der Waals surface area contributed by atoms with E-state index < -0.39 is 5.97 Å². The van der Waals surface area contributed by atoms with Crippen molar-refractivity contribution in [3.63, 3.8) is 0 Å². The summed E-state index contributed by atoms with van der Waals surface area (Å²) >= 11 is 0. The van der Waals surface area contributed by atoms with Crippen LogP contribution in [0, 0.1) is 0 Å². The van der Waals surface area contributed by atoms with Crippen LogP contribution in [0.3, 0.4) is 0 Å². The smallest absolute Gasteiger partial charge is 0.335 e. The van der Waals surface area contributed by atoms with Crippen LogP contribution in [-0.4, -0.2) is 36.7 Å². The SMILES string of the molecule is NCCCNC(=O)NCCc1ccc(C(=O)O)cc1. The second kappa shape index (κ2) is 8.10. The van der Waals surface area contributed by atoms with Crippen molar-refractivity contribution < 1.29 is 14.7 Å².